The topological polar surface area (TPSA) is 3.24 Å². The van der Waals surface area contributed by atoms with Gasteiger partial charge in [-0.3, -0.25) is 0 Å². The van der Waals surface area contributed by atoms with Gasteiger partial charge in [0, 0.05) is 37.0 Å². The molecule has 9 rings (SSSR count). The molecule has 0 bridgehead atoms. The van der Waals surface area contributed by atoms with E-state index in [-0.39, 0.29) is 0 Å². The number of benzene rings is 8. The van der Waals surface area contributed by atoms with Crippen molar-refractivity contribution in [2.45, 2.75) is 0 Å². The summed E-state index contributed by atoms with van der Waals surface area (Å²) in [5.41, 5.74) is 10.6. The van der Waals surface area contributed by atoms with Crippen LogP contribution in [-0.4, -0.2) is 0 Å². The minimum atomic E-state index is 1.13. The molecule has 0 saturated heterocycles. The van der Waals surface area contributed by atoms with E-state index in [4.69, 9.17) is 0 Å². The lowest BCUT2D eigenvalue weighted by atomic mass is 9.91. The number of hydrogen-bond acceptors (Lipinski definition) is 2. The Kier molecular flexibility index (Phi) is 7.07. The second-order valence-corrected chi connectivity index (χ2v) is 13.2. The zero-order valence-corrected chi connectivity index (χ0v) is 27.1. The van der Waals surface area contributed by atoms with Crippen molar-refractivity contribution in [2.75, 3.05) is 4.90 Å². The van der Waals surface area contributed by atoms with E-state index in [1.54, 1.807) is 0 Å². The van der Waals surface area contributed by atoms with Gasteiger partial charge in [-0.15, -0.1) is 11.3 Å². The predicted molar refractivity (Wildman–Crippen MR) is 208 cm³/mol. The Bertz CT molecular complexity index is 2550. The van der Waals surface area contributed by atoms with Crippen LogP contribution in [0, 0.1) is 0 Å². The van der Waals surface area contributed by atoms with Crippen LogP contribution < -0.4 is 4.90 Å². The molecule has 1 aromatic heterocycles. The van der Waals surface area contributed by atoms with E-state index in [1.807, 2.05) is 11.3 Å². The highest BCUT2D eigenvalue weighted by atomic mass is 32.1. The van der Waals surface area contributed by atoms with Gasteiger partial charge in [-0.1, -0.05) is 152 Å². The van der Waals surface area contributed by atoms with Gasteiger partial charge < -0.3 is 4.90 Å². The third-order valence-corrected chi connectivity index (χ3v) is 10.4. The molecule has 0 aliphatic rings. The second kappa shape index (κ2) is 12.0. The Morgan fingerprint density at radius 2 is 0.938 bits per heavy atom. The molecular formula is C46H31NS. The van der Waals surface area contributed by atoms with Gasteiger partial charge in [0.1, 0.15) is 0 Å². The van der Waals surface area contributed by atoms with Gasteiger partial charge in [0.15, 0.2) is 0 Å². The molecule has 2 heteroatoms. The van der Waals surface area contributed by atoms with Gasteiger partial charge >= 0.3 is 0 Å². The second-order valence-electron chi connectivity index (χ2n) is 12.1. The van der Waals surface area contributed by atoms with Crippen LogP contribution in [0.5, 0.6) is 0 Å². The zero-order chi connectivity index (χ0) is 31.9. The minimum Gasteiger partial charge on any atom is -0.309 e. The lowest BCUT2D eigenvalue weighted by Crippen LogP contribution is -2.13. The van der Waals surface area contributed by atoms with Crippen LogP contribution >= 0.6 is 11.3 Å². The average molecular weight is 630 g/mol. The molecular weight excluding hydrogens is 599 g/mol. The standard InChI is InChI=1S/C46H31NS/c1-4-15-32(16-5-1)38-24-14-25-42(46(38)34-19-8-3-9-20-34)47(37-27-28-40-39-23-12-13-26-44(39)48-45(40)31-37)43-30-36-22-11-10-21-35(36)29-41(43)33-17-6-2-7-18-33/h1-31H. The smallest absolute Gasteiger partial charge is 0.0546 e. The van der Waals surface area contributed by atoms with Crippen molar-refractivity contribution in [2.24, 2.45) is 0 Å². The number of rotatable bonds is 6. The number of anilines is 3. The predicted octanol–water partition coefficient (Wildman–Crippen LogP) is 13.7. The van der Waals surface area contributed by atoms with Crippen molar-refractivity contribution < 1.29 is 0 Å². The number of thiophene rings is 1. The van der Waals surface area contributed by atoms with Crippen LogP contribution in [0.4, 0.5) is 17.1 Å². The van der Waals surface area contributed by atoms with E-state index >= 15 is 0 Å². The molecule has 0 radical (unpaired) electrons. The quantitative estimate of drug-likeness (QED) is 0.177. The van der Waals surface area contributed by atoms with Crippen LogP contribution in [0.15, 0.2) is 188 Å². The maximum absolute atomic E-state index is 2.49. The first-order chi connectivity index (χ1) is 23.8. The molecule has 0 fully saturated rings. The van der Waals surface area contributed by atoms with E-state index in [2.05, 4.69) is 193 Å². The fourth-order valence-corrected chi connectivity index (χ4v) is 8.16. The molecule has 0 N–H and O–H groups in total. The van der Waals surface area contributed by atoms with Crippen LogP contribution in [-0.2, 0) is 0 Å². The summed E-state index contributed by atoms with van der Waals surface area (Å²) in [7, 11) is 0. The highest BCUT2D eigenvalue weighted by molar-refractivity contribution is 7.25. The van der Waals surface area contributed by atoms with Gasteiger partial charge in [0.05, 0.1) is 11.4 Å². The van der Waals surface area contributed by atoms with Crippen molar-refractivity contribution in [3.63, 3.8) is 0 Å². The minimum absolute atomic E-state index is 1.13. The van der Waals surface area contributed by atoms with Crippen LogP contribution in [0.25, 0.3) is 64.3 Å². The van der Waals surface area contributed by atoms with E-state index in [9.17, 15) is 0 Å². The molecule has 0 amide bonds. The van der Waals surface area contributed by atoms with Crippen molar-refractivity contribution in [3.05, 3.63) is 188 Å². The number of fused-ring (bicyclic) bond motifs is 4. The third kappa shape index (κ3) is 4.95. The van der Waals surface area contributed by atoms with Crippen molar-refractivity contribution in [1.82, 2.24) is 0 Å². The van der Waals surface area contributed by atoms with Gasteiger partial charge in [-0.25, -0.2) is 0 Å². The molecule has 9 aromatic rings. The third-order valence-electron chi connectivity index (χ3n) is 9.24. The number of nitrogens with zero attached hydrogens (tertiary/aromatic N) is 1. The Morgan fingerprint density at radius 3 is 1.67 bits per heavy atom. The largest absolute Gasteiger partial charge is 0.309 e. The van der Waals surface area contributed by atoms with Crippen LogP contribution in [0.1, 0.15) is 0 Å². The molecule has 0 atom stereocenters. The lowest BCUT2D eigenvalue weighted by Gasteiger charge is -2.31. The Balaban J connectivity index is 1.40. The van der Waals surface area contributed by atoms with Crippen molar-refractivity contribution in [1.29, 1.82) is 0 Å². The summed E-state index contributed by atoms with van der Waals surface area (Å²) in [6.07, 6.45) is 0. The molecule has 1 heterocycles. The molecule has 0 saturated carbocycles. The van der Waals surface area contributed by atoms with Crippen LogP contribution in [0.3, 0.4) is 0 Å². The van der Waals surface area contributed by atoms with E-state index < -0.39 is 0 Å². The molecule has 226 valence electrons. The van der Waals surface area contributed by atoms with Crippen molar-refractivity contribution >= 4 is 59.3 Å². The molecule has 0 spiro atoms. The fraction of sp³-hybridized carbons (Fsp3) is 0. The van der Waals surface area contributed by atoms with Crippen molar-refractivity contribution in [3.8, 4) is 33.4 Å². The number of hydrogen-bond donors (Lipinski definition) is 0. The first kappa shape index (κ1) is 28.3. The first-order valence-electron chi connectivity index (χ1n) is 16.4. The molecule has 1 nitrogen and oxygen atoms in total. The first-order valence-corrected chi connectivity index (χ1v) is 17.2. The van der Waals surface area contributed by atoms with Gasteiger partial charge in [0.2, 0.25) is 0 Å². The molecule has 0 aliphatic carbocycles. The molecule has 0 aliphatic heterocycles. The van der Waals surface area contributed by atoms with E-state index in [1.165, 1.54) is 64.3 Å². The molecule has 0 unspecified atom stereocenters. The Hall–Kier alpha value is -5.96. The summed E-state index contributed by atoms with van der Waals surface area (Å²) in [6.45, 7) is 0. The molecule has 8 aromatic carbocycles. The van der Waals surface area contributed by atoms with E-state index in [0.717, 1.165) is 17.1 Å². The summed E-state index contributed by atoms with van der Waals surface area (Å²) >= 11 is 1.86. The van der Waals surface area contributed by atoms with Gasteiger partial charge in [-0.05, 0) is 69.4 Å². The zero-order valence-electron chi connectivity index (χ0n) is 26.3. The summed E-state index contributed by atoms with van der Waals surface area (Å²) in [4.78, 5) is 2.49. The lowest BCUT2D eigenvalue weighted by molar-refractivity contribution is 1.29. The highest BCUT2D eigenvalue weighted by Gasteiger charge is 2.24. The Labute approximate surface area is 284 Å². The Morgan fingerprint density at radius 1 is 0.354 bits per heavy atom. The van der Waals surface area contributed by atoms with Crippen LogP contribution in [0.2, 0.25) is 0 Å². The van der Waals surface area contributed by atoms with Gasteiger partial charge in [-0.2, -0.15) is 0 Å². The van der Waals surface area contributed by atoms with E-state index in [0.29, 0.717) is 0 Å². The monoisotopic (exact) mass is 629 g/mol. The SMILES string of the molecule is c1ccc(-c2cc3ccccc3cc2N(c2ccc3c(c2)sc2ccccc23)c2cccc(-c3ccccc3)c2-c2ccccc2)cc1. The average Bonchev–Trinajstić information content (AvgIpc) is 3.54. The maximum atomic E-state index is 2.49. The van der Waals surface area contributed by atoms with Gasteiger partial charge in [0.25, 0.3) is 0 Å². The normalized spacial score (nSPS) is 11.3. The highest BCUT2D eigenvalue weighted by Crippen LogP contribution is 2.49. The maximum Gasteiger partial charge on any atom is 0.0546 e. The summed E-state index contributed by atoms with van der Waals surface area (Å²) < 4.78 is 2.59. The molecule has 48 heavy (non-hydrogen) atoms. The fourth-order valence-electron chi connectivity index (χ4n) is 7.02. The summed E-state index contributed by atoms with van der Waals surface area (Å²) in [6, 6.07) is 68.3. The summed E-state index contributed by atoms with van der Waals surface area (Å²) in [5, 5.41) is 5.03. The summed E-state index contributed by atoms with van der Waals surface area (Å²) in [5.74, 6) is 0.